The molecule has 0 radical (unpaired) electrons. The molecule has 3 N–H and O–H groups in total. The van der Waals surface area contributed by atoms with Gasteiger partial charge in [-0.05, 0) is 12.8 Å². The highest BCUT2D eigenvalue weighted by atomic mass is 35.5. The lowest BCUT2D eigenvalue weighted by Crippen LogP contribution is -2.42. The third-order valence-electron chi connectivity index (χ3n) is 3.48. The molecule has 0 aliphatic heterocycles. The summed E-state index contributed by atoms with van der Waals surface area (Å²) in [6.45, 7) is 0.300. The molecule has 1 fully saturated rings. The number of ether oxygens (including phenoxy) is 3. The maximum atomic E-state index is 11.9. The van der Waals surface area contributed by atoms with Crippen LogP contribution in [-0.4, -0.2) is 32.8 Å². The average molecular weight is 317 g/mol. The van der Waals surface area contributed by atoms with Crippen LogP contribution in [0.3, 0.4) is 0 Å². The second-order valence-electron chi connectivity index (χ2n) is 4.85. The molecule has 0 aromatic heterocycles. The Hall–Kier alpha value is -1.66. The zero-order valence-corrected chi connectivity index (χ0v) is 13.2. The number of hydrogen-bond donors (Lipinski definition) is 2. The molecule has 0 atom stereocenters. The summed E-state index contributed by atoms with van der Waals surface area (Å²) in [4.78, 5) is 11.9. The number of methoxy groups -OCH3 is 3. The Morgan fingerprint density at radius 2 is 1.71 bits per heavy atom. The topological polar surface area (TPSA) is 82.8 Å². The molecule has 6 nitrogen and oxygen atoms in total. The van der Waals surface area contributed by atoms with Crippen molar-refractivity contribution in [3.05, 3.63) is 17.7 Å². The normalized spacial score (nSPS) is 14.7. The Morgan fingerprint density at radius 3 is 2.10 bits per heavy atom. The fourth-order valence-corrected chi connectivity index (χ4v) is 1.96. The van der Waals surface area contributed by atoms with E-state index in [9.17, 15) is 4.79 Å². The quantitative estimate of drug-likeness (QED) is 0.825. The average Bonchev–Trinajstić information content (AvgIpc) is 3.22. The maximum absolute atomic E-state index is 11.9. The van der Waals surface area contributed by atoms with Crippen molar-refractivity contribution in [2.24, 2.45) is 5.73 Å². The van der Waals surface area contributed by atoms with Crippen LogP contribution >= 0.6 is 12.4 Å². The number of benzene rings is 1. The van der Waals surface area contributed by atoms with E-state index in [4.69, 9.17) is 19.9 Å². The molecule has 1 amide bonds. The van der Waals surface area contributed by atoms with E-state index in [-0.39, 0.29) is 18.3 Å². The lowest BCUT2D eigenvalue weighted by molar-refractivity contribution is -0.123. The summed E-state index contributed by atoms with van der Waals surface area (Å²) in [7, 11) is 4.69. The van der Waals surface area contributed by atoms with Crippen molar-refractivity contribution in [1.82, 2.24) is 5.32 Å². The van der Waals surface area contributed by atoms with Crippen molar-refractivity contribution in [2.75, 3.05) is 21.3 Å². The van der Waals surface area contributed by atoms with E-state index in [0.717, 1.165) is 18.4 Å². The molecule has 118 valence electrons. The highest BCUT2D eigenvalue weighted by Gasteiger charge is 2.45. The first-order chi connectivity index (χ1) is 9.54. The predicted octanol–water partition coefficient (Wildman–Crippen LogP) is 1.24. The van der Waals surface area contributed by atoms with Crippen LogP contribution in [0.5, 0.6) is 17.2 Å². The summed E-state index contributed by atoms with van der Waals surface area (Å²) >= 11 is 0. The van der Waals surface area contributed by atoms with Gasteiger partial charge in [0, 0.05) is 12.1 Å². The summed E-state index contributed by atoms with van der Waals surface area (Å²) in [5.41, 5.74) is 5.92. The molecule has 1 aromatic rings. The van der Waals surface area contributed by atoms with Gasteiger partial charge in [0.1, 0.15) is 17.2 Å². The largest absolute Gasteiger partial charge is 0.496 e. The number of nitrogens with two attached hydrogens (primary N) is 1. The van der Waals surface area contributed by atoms with Crippen LogP contribution in [0.2, 0.25) is 0 Å². The highest BCUT2D eigenvalue weighted by Crippen LogP contribution is 2.35. The highest BCUT2D eigenvalue weighted by molar-refractivity contribution is 5.89. The van der Waals surface area contributed by atoms with Gasteiger partial charge >= 0.3 is 0 Å². The van der Waals surface area contributed by atoms with Gasteiger partial charge in [-0.25, -0.2) is 0 Å². The first kappa shape index (κ1) is 17.4. The van der Waals surface area contributed by atoms with Crippen molar-refractivity contribution in [3.8, 4) is 17.2 Å². The van der Waals surface area contributed by atoms with Gasteiger partial charge in [-0.15, -0.1) is 12.4 Å². The Balaban J connectivity index is 0.00000220. The van der Waals surface area contributed by atoms with Gasteiger partial charge in [0.2, 0.25) is 5.91 Å². The van der Waals surface area contributed by atoms with E-state index < -0.39 is 5.54 Å². The van der Waals surface area contributed by atoms with Crippen molar-refractivity contribution >= 4 is 18.3 Å². The standard InChI is InChI=1S/C14H20N2O4.ClH/c1-18-9-6-11(19-2)10(12(7-9)20-3)8-16-13(17)14(15)4-5-14;/h6-7H,4-5,8,15H2,1-3H3,(H,16,17);1H. The predicted molar refractivity (Wildman–Crippen MR) is 81.3 cm³/mol. The third kappa shape index (κ3) is 3.71. The third-order valence-corrected chi connectivity index (χ3v) is 3.48. The van der Waals surface area contributed by atoms with Crippen LogP contribution < -0.4 is 25.3 Å². The van der Waals surface area contributed by atoms with Crippen molar-refractivity contribution in [3.63, 3.8) is 0 Å². The Labute approximate surface area is 130 Å². The lowest BCUT2D eigenvalue weighted by Gasteiger charge is -2.16. The van der Waals surface area contributed by atoms with Gasteiger partial charge in [0.15, 0.2) is 0 Å². The van der Waals surface area contributed by atoms with Crippen LogP contribution in [0.25, 0.3) is 0 Å². The van der Waals surface area contributed by atoms with Crippen molar-refractivity contribution in [2.45, 2.75) is 24.9 Å². The molecule has 1 saturated carbocycles. The summed E-state index contributed by atoms with van der Waals surface area (Å²) in [6.07, 6.45) is 1.46. The minimum Gasteiger partial charge on any atom is -0.496 e. The fourth-order valence-electron chi connectivity index (χ4n) is 1.96. The van der Waals surface area contributed by atoms with E-state index in [1.807, 2.05) is 0 Å². The number of amides is 1. The number of rotatable bonds is 6. The second-order valence-corrected chi connectivity index (χ2v) is 4.85. The molecule has 0 spiro atoms. The minimum atomic E-state index is -0.688. The van der Waals surface area contributed by atoms with Crippen molar-refractivity contribution in [1.29, 1.82) is 0 Å². The summed E-state index contributed by atoms with van der Waals surface area (Å²) in [5, 5.41) is 2.82. The van der Waals surface area contributed by atoms with Crippen LogP contribution in [0.15, 0.2) is 12.1 Å². The van der Waals surface area contributed by atoms with Gasteiger partial charge in [-0.1, -0.05) is 0 Å². The Morgan fingerprint density at radius 1 is 1.19 bits per heavy atom. The molecule has 2 rings (SSSR count). The van der Waals surface area contributed by atoms with Crippen LogP contribution in [-0.2, 0) is 11.3 Å². The van der Waals surface area contributed by atoms with E-state index >= 15 is 0 Å². The van der Waals surface area contributed by atoms with Gasteiger partial charge in [-0.2, -0.15) is 0 Å². The van der Waals surface area contributed by atoms with Crippen molar-refractivity contribution < 1.29 is 19.0 Å². The molecule has 0 saturated heterocycles. The number of carbonyl (C=O) groups excluding carboxylic acids is 1. The maximum Gasteiger partial charge on any atom is 0.240 e. The summed E-state index contributed by atoms with van der Waals surface area (Å²) in [5.74, 6) is 1.69. The molecule has 0 bridgehead atoms. The number of nitrogens with one attached hydrogen (secondary N) is 1. The van der Waals surface area contributed by atoms with Gasteiger partial charge < -0.3 is 25.3 Å². The molecular formula is C14H21ClN2O4. The first-order valence-corrected chi connectivity index (χ1v) is 6.40. The van der Waals surface area contributed by atoms with E-state index in [2.05, 4.69) is 5.32 Å². The monoisotopic (exact) mass is 316 g/mol. The van der Waals surface area contributed by atoms with E-state index in [0.29, 0.717) is 23.8 Å². The molecular weight excluding hydrogens is 296 g/mol. The molecule has 21 heavy (non-hydrogen) atoms. The molecule has 0 heterocycles. The number of halogens is 1. The smallest absolute Gasteiger partial charge is 0.240 e. The molecule has 1 aromatic carbocycles. The van der Waals surface area contributed by atoms with Crippen LogP contribution in [0.4, 0.5) is 0 Å². The summed E-state index contributed by atoms with van der Waals surface area (Å²) in [6, 6.07) is 3.50. The van der Waals surface area contributed by atoms with E-state index in [1.54, 1.807) is 33.5 Å². The molecule has 1 aliphatic carbocycles. The zero-order valence-electron chi connectivity index (χ0n) is 12.4. The summed E-state index contributed by atoms with van der Waals surface area (Å²) < 4.78 is 15.8. The van der Waals surface area contributed by atoms with Gasteiger partial charge in [0.25, 0.3) is 0 Å². The second kappa shape index (κ2) is 6.87. The molecule has 1 aliphatic rings. The first-order valence-electron chi connectivity index (χ1n) is 6.40. The molecule has 7 heteroatoms. The lowest BCUT2D eigenvalue weighted by atomic mass is 10.1. The number of carbonyl (C=O) groups is 1. The fraction of sp³-hybridized carbons (Fsp3) is 0.500. The SMILES string of the molecule is COc1cc(OC)c(CNC(=O)C2(N)CC2)c(OC)c1.Cl. The van der Waals surface area contributed by atoms with Crippen LogP contribution in [0.1, 0.15) is 18.4 Å². The molecule has 0 unspecified atom stereocenters. The van der Waals surface area contributed by atoms with E-state index in [1.165, 1.54) is 0 Å². The van der Waals surface area contributed by atoms with Gasteiger partial charge in [-0.3, -0.25) is 4.79 Å². The van der Waals surface area contributed by atoms with Crippen LogP contribution in [0, 0.1) is 0 Å². The zero-order chi connectivity index (χ0) is 14.8. The minimum absolute atomic E-state index is 0. The number of hydrogen-bond acceptors (Lipinski definition) is 5. The van der Waals surface area contributed by atoms with Gasteiger partial charge in [0.05, 0.1) is 39.0 Å². The Bertz CT molecular complexity index is 493. The Kier molecular flexibility index (Phi) is 5.69.